The van der Waals surface area contributed by atoms with E-state index in [0.29, 0.717) is 18.2 Å². The maximum absolute atomic E-state index is 5.48. The molecule has 2 aromatic rings. The van der Waals surface area contributed by atoms with E-state index in [4.69, 9.17) is 14.2 Å². The van der Waals surface area contributed by atoms with Gasteiger partial charge in [0, 0.05) is 18.7 Å². The maximum Gasteiger partial charge on any atom is 0.146 e. The molecule has 1 saturated heterocycles. The molecule has 0 bridgehead atoms. The summed E-state index contributed by atoms with van der Waals surface area (Å²) in [6.07, 6.45) is 3.68. The summed E-state index contributed by atoms with van der Waals surface area (Å²) in [4.78, 5) is 8.54. The number of hydrogen-bond acceptors (Lipinski definition) is 7. The normalized spacial score (nSPS) is 17.2. The molecule has 1 aromatic heterocycles. The van der Waals surface area contributed by atoms with Gasteiger partial charge in [0.2, 0.25) is 0 Å². The summed E-state index contributed by atoms with van der Waals surface area (Å²) in [7, 11) is 3.25. The molecule has 1 aromatic carbocycles. The zero-order valence-corrected chi connectivity index (χ0v) is 13.9. The highest BCUT2D eigenvalue weighted by Crippen LogP contribution is 2.31. The number of nitrogens with zero attached hydrogens (tertiary/aromatic N) is 2. The second-order valence-electron chi connectivity index (χ2n) is 5.54. The molecule has 7 nitrogen and oxygen atoms in total. The van der Waals surface area contributed by atoms with Gasteiger partial charge in [-0.15, -0.1) is 0 Å². The average molecular weight is 330 g/mol. The third-order valence-electron chi connectivity index (χ3n) is 3.85. The van der Waals surface area contributed by atoms with Gasteiger partial charge in [0.1, 0.15) is 29.5 Å². The first-order chi connectivity index (χ1) is 11.8. The van der Waals surface area contributed by atoms with Crippen LogP contribution in [0.25, 0.3) is 0 Å². The Balaban J connectivity index is 1.72. The van der Waals surface area contributed by atoms with E-state index < -0.39 is 0 Å². The standard InChI is InChI=1S/C17H22N4O3/c1-22-13-5-6-14(15(8-13)23-2)21-17-9-16(18-11-19-17)20-12-4-3-7-24-10-12/h5-6,8-9,11-12H,3-4,7,10H2,1-2H3,(H2,18,19,20,21)/t12-/m0/s1. The fourth-order valence-corrected chi connectivity index (χ4v) is 2.61. The van der Waals surface area contributed by atoms with Crippen LogP contribution in [-0.4, -0.2) is 43.4 Å². The number of benzene rings is 1. The SMILES string of the molecule is COc1ccc(Nc2cc(N[C@H]3CCCOC3)ncn2)c(OC)c1. The van der Waals surface area contributed by atoms with E-state index in [-0.39, 0.29) is 6.04 Å². The van der Waals surface area contributed by atoms with E-state index in [9.17, 15) is 0 Å². The molecule has 1 fully saturated rings. The van der Waals surface area contributed by atoms with E-state index in [1.807, 2.05) is 24.3 Å². The highest BCUT2D eigenvalue weighted by molar-refractivity contribution is 5.66. The predicted molar refractivity (Wildman–Crippen MR) is 92.3 cm³/mol. The van der Waals surface area contributed by atoms with Gasteiger partial charge in [0.15, 0.2) is 0 Å². The molecule has 2 heterocycles. The van der Waals surface area contributed by atoms with Gasteiger partial charge in [-0.05, 0) is 25.0 Å². The fraction of sp³-hybridized carbons (Fsp3) is 0.412. The number of aromatic nitrogens is 2. The monoisotopic (exact) mass is 330 g/mol. The smallest absolute Gasteiger partial charge is 0.146 e. The molecule has 3 rings (SSSR count). The Morgan fingerprint density at radius 3 is 2.75 bits per heavy atom. The molecule has 0 aliphatic carbocycles. The summed E-state index contributed by atoms with van der Waals surface area (Å²) < 4.78 is 16.1. The lowest BCUT2D eigenvalue weighted by Gasteiger charge is -2.23. The average Bonchev–Trinajstić information content (AvgIpc) is 2.63. The summed E-state index contributed by atoms with van der Waals surface area (Å²) in [5, 5.41) is 6.64. The van der Waals surface area contributed by atoms with Crippen LogP contribution in [0.5, 0.6) is 11.5 Å². The molecule has 24 heavy (non-hydrogen) atoms. The number of nitrogens with one attached hydrogen (secondary N) is 2. The number of rotatable bonds is 6. The molecule has 0 amide bonds. The Kier molecular flexibility index (Phi) is 5.32. The minimum absolute atomic E-state index is 0.289. The van der Waals surface area contributed by atoms with Crippen LogP contribution in [0, 0.1) is 0 Å². The van der Waals surface area contributed by atoms with Gasteiger partial charge in [0.25, 0.3) is 0 Å². The van der Waals surface area contributed by atoms with E-state index >= 15 is 0 Å². The minimum Gasteiger partial charge on any atom is -0.497 e. The summed E-state index contributed by atoms with van der Waals surface area (Å²) in [6, 6.07) is 7.74. The van der Waals surface area contributed by atoms with Crippen LogP contribution in [-0.2, 0) is 4.74 Å². The summed E-state index contributed by atoms with van der Waals surface area (Å²) >= 11 is 0. The van der Waals surface area contributed by atoms with Crippen molar-refractivity contribution in [2.24, 2.45) is 0 Å². The Bertz CT molecular complexity index is 675. The third-order valence-corrected chi connectivity index (χ3v) is 3.85. The first kappa shape index (κ1) is 16.3. The Morgan fingerprint density at radius 1 is 1.12 bits per heavy atom. The van der Waals surface area contributed by atoms with Crippen molar-refractivity contribution in [3.8, 4) is 11.5 Å². The highest BCUT2D eigenvalue weighted by Gasteiger charge is 2.14. The zero-order chi connectivity index (χ0) is 16.8. The molecule has 1 atom stereocenters. The number of ether oxygens (including phenoxy) is 3. The molecule has 0 saturated carbocycles. The van der Waals surface area contributed by atoms with Crippen molar-refractivity contribution >= 4 is 17.3 Å². The molecule has 0 radical (unpaired) electrons. The van der Waals surface area contributed by atoms with Crippen LogP contribution in [0.15, 0.2) is 30.6 Å². The second kappa shape index (κ2) is 7.83. The first-order valence-electron chi connectivity index (χ1n) is 7.94. The fourth-order valence-electron chi connectivity index (χ4n) is 2.61. The van der Waals surface area contributed by atoms with E-state index in [1.54, 1.807) is 14.2 Å². The lowest BCUT2D eigenvalue weighted by molar-refractivity contribution is 0.0875. The van der Waals surface area contributed by atoms with Gasteiger partial charge < -0.3 is 24.8 Å². The molecule has 128 valence electrons. The lowest BCUT2D eigenvalue weighted by atomic mass is 10.1. The number of anilines is 3. The first-order valence-corrected chi connectivity index (χ1v) is 7.94. The molecular weight excluding hydrogens is 308 g/mol. The highest BCUT2D eigenvalue weighted by atomic mass is 16.5. The molecular formula is C17H22N4O3. The quantitative estimate of drug-likeness (QED) is 0.843. The van der Waals surface area contributed by atoms with Crippen molar-refractivity contribution < 1.29 is 14.2 Å². The van der Waals surface area contributed by atoms with Gasteiger partial charge in [-0.1, -0.05) is 0 Å². The lowest BCUT2D eigenvalue weighted by Crippen LogP contribution is -2.30. The van der Waals surface area contributed by atoms with Crippen molar-refractivity contribution in [1.82, 2.24) is 9.97 Å². The molecule has 0 spiro atoms. The Hall–Kier alpha value is -2.54. The molecule has 0 unspecified atom stereocenters. The van der Waals surface area contributed by atoms with E-state index in [0.717, 1.165) is 36.7 Å². The van der Waals surface area contributed by atoms with Gasteiger partial charge in [-0.3, -0.25) is 0 Å². The van der Waals surface area contributed by atoms with Gasteiger partial charge in [0.05, 0.1) is 32.6 Å². The topological polar surface area (TPSA) is 77.5 Å². The zero-order valence-electron chi connectivity index (χ0n) is 13.9. The number of hydrogen-bond donors (Lipinski definition) is 2. The molecule has 1 aliphatic rings. The molecule has 7 heteroatoms. The maximum atomic E-state index is 5.48. The van der Waals surface area contributed by atoms with Crippen molar-refractivity contribution in [3.05, 3.63) is 30.6 Å². The largest absolute Gasteiger partial charge is 0.497 e. The van der Waals surface area contributed by atoms with Crippen LogP contribution >= 0.6 is 0 Å². The Labute approximate surface area is 141 Å². The van der Waals surface area contributed by atoms with Gasteiger partial charge >= 0.3 is 0 Å². The van der Waals surface area contributed by atoms with E-state index in [1.165, 1.54) is 6.33 Å². The molecule has 2 N–H and O–H groups in total. The Morgan fingerprint density at radius 2 is 2.00 bits per heavy atom. The second-order valence-corrected chi connectivity index (χ2v) is 5.54. The van der Waals surface area contributed by atoms with Crippen LogP contribution in [0.3, 0.4) is 0 Å². The number of methoxy groups -OCH3 is 2. The summed E-state index contributed by atoms with van der Waals surface area (Å²) in [5.41, 5.74) is 0.809. The predicted octanol–water partition coefficient (Wildman–Crippen LogP) is 2.83. The van der Waals surface area contributed by atoms with E-state index in [2.05, 4.69) is 20.6 Å². The third kappa shape index (κ3) is 4.05. The summed E-state index contributed by atoms with van der Waals surface area (Å²) in [6.45, 7) is 1.55. The van der Waals surface area contributed by atoms with Crippen LogP contribution < -0.4 is 20.1 Å². The summed E-state index contributed by atoms with van der Waals surface area (Å²) in [5.74, 6) is 2.88. The van der Waals surface area contributed by atoms with Crippen molar-refractivity contribution in [1.29, 1.82) is 0 Å². The van der Waals surface area contributed by atoms with Crippen molar-refractivity contribution in [3.63, 3.8) is 0 Å². The van der Waals surface area contributed by atoms with Crippen LogP contribution in [0.2, 0.25) is 0 Å². The van der Waals surface area contributed by atoms with Crippen molar-refractivity contribution in [2.45, 2.75) is 18.9 Å². The minimum atomic E-state index is 0.289. The van der Waals surface area contributed by atoms with Crippen molar-refractivity contribution in [2.75, 3.05) is 38.1 Å². The van der Waals surface area contributed by atoms with Crippen LogP contribution in [0.1, 0.15) is 12.8 Å². The van der Waals surface area contributed by atoms with Gasteiger partial charge in [-0.2, -0.15) is 0 Å². The molecule has 1 aliphatic heterocycles. The van der Waals surface area contributed by atoms with Gasteiger partial charge in [-0.25, -0.2) is 9.97 Å². The van der Waals surface area contributed by atoms with Crippen LogP contribution in [0.4, 0.5) is 17.3 Å².